The number of sulfone groups is 1. The predicted octanol–water partition coefficient (Wildman–Crippen LogP) is 3.83. The summed E-state index contributed by atoms with van der Waals surface area (Å²) in [5.41, 5.74) is 1.71. The van der Waals surface area contributed by atoms with Crippen molar-refractivity contribution in [2.24, 2.45) is 0 Å². The Morgan fingerprint density at radius 3 is 2.61 bits per heavy atom. The molecule has 2 aromatic carbocycles. The highest BCUT2D eigenvalue weighted by atomic mass is 32.2. The molecule has 33 heavy (non-hydrogen) atoms. The zero-order valence-corrected chi connectivity index (χ0v) is 19.9. The molecule has 0 aromatic heterocycles. The topological polar surface area (TPSA) is 92.8 Å². The second-order valence-electron chi connectivity index (χ2n) is 8.96. The average molecular weight is 471 g/mol. The summed E-state index contributed by atoms with van der Waals surface area (Å²) >= 11 is 0. The van der Waals surface area contributed by atoms with Crippen molar-refractivity contribution in [1.29, 1.82) is 0 Å². The quantitative estimate of drug-likeness (QED) is 0.717. The Bertz CT molecular complexity index is 1140. The Hall–Kier alpha value is -2.87. The van der Waals surface area contributed by atoms with Crippen molar-refractivity contribution in [2.75, 3.05) is 18.5 Å². The number of amides is 2. The number of hydrogen-bond donors (Lipinski definition) is 1. The molecule has 1 fully saturated rings. The van der Waals surface area contributed by atoms with Crippen LogP contribution >= 0.6 is 0 Å². The third-order valence-electron chi connectivity index (χ3n) is 6.33. The van der Waals surface area contributed by atoms with Crippen molar-refractivity contribution < 1.29 is 22.7 Å². The molecule has 1 saturated heterocycles. The maximum absolute atomic E-state index is 13.2. The minimum Gasteiger partial charge on any atom is -0.493 e. The van der Waals surface area contributed by atoms with E-state index in [-0.39, 0.29) is 29.2 Å². The van der Waals surface area contributed by atoms with E-state index in [4.69, 9.17) is 4.74 Å². The molecule has 2 amide bonds. The fraction of sp³-hybridized carbons (Fsp3) is 0.440. The van der Waals surface area contributed by atoms with Gasteiger partial charge < -0.3 is 15.0 Å². The molecule has 0 radical (unpaired) electrons. The van der Waals surface area contributed by atoms with Gasteiger partial charge in [0.1, 0.15) is 5.75 Å². The third-order valence-corrected chi connectivity index (χ3v) is 8.50. The second kappa shape index (κ2) is 9.55. The minimum atomic E-state index is -3.35. The van der Waals surface area contributed by atoms with Gasteiger partial charge in [-0.3, -0.25) is 9.59 Å². The van der Waals surface area contributed by atoms with Crippen LogP contribution in [-0.4, -0.2) is 49.6 Å². The van der Waals surface area contributed by atoms with Crippen LogP contribution in [0.25, 0.3) is 0 Å². The van der Waals surface area contributed by atoms with E-state index in [0.29, 0.717) is 29.2 Å². The molecule has 0 saturated carbocycles. The molecule has 4 rings (SSSR count). The molecule has 1 N–H and O–H groups in total. The molecule has 2 aliphatic rings. The van der Waals surface area contributed by atoms with Crippen LogP contribution in [0.2, 0.25) is 0 Å². The van der Waals surface area contributed by atoms with Crippen LogP contribution in [0.1, 0.15) is 55.5 Å². The molecule has 0 aliphatic carbocycles. The van der Waals surface area contributed by atoms with Gasteiger partial charge in [-0.25, -0.2) is 8.42 Å². The second-order valence-corrected chi connectivity index (χ2v) is 11.5. The van der Waals surface area contributed by atoms with Gasteiger partial charge >= 0.3 is 0 Å². The summed E-state index contributed by atoms with van der Waals surface area (Å²) in [7, 11) is -3.35. The molecule has 2 aromatic rings. The van der Waals surface area contributed by atoms with Crippen LogP contribution in [0.15, 0.2) is 47.4 Å². The van der Waals surface area contributed by atoms with Crippen molar-refractivity contribution in [3.63, 3.8) is 0 Å². The van der Waals surface area contributed by atoms with Crippen LogP contribution in [0.3, 0.4) is 0 Å². The summed E-state index contributed by atoms with van der Waals surface area (Å²) < 4.78 is 30.4. The molecule has 176 valence electrons. The van der Waals surface area contributed by atoms with Crippen molar-refractivity contribution in [3.05, 3.63) is 53.6 Å². The summed E-state index contributed by atoms with van der Waals surface area (Å²) in [6, 6.07) is 11.7. The highest BCUT2D eigenvalue weighted by Crippen LogP contribution is 2.31. The first kappa shape index (κ1) is 23.3. The number of piperidine rings is 1. The number of hydrogen-bond acceptors (Lipinski definition) is 5. The van der Waals surface area contributed by atoms with E-state index in [0.717, 1.165) is 32.2 Å². The molecule has 0 bridgehead atoms. The Kier molecular flexibility index (Phi) is 6.74. The van der Waals surface area contributed by atoms with Crippen molar-refractivity contribution in [1.82, 2.24) is 4.90 Å². The lowest BCUT2D eigenvalue weighted by atomic mass is 9.97. The van der Waals surface area contributed by atoms with E-state index in [9.17, 15) is 18.0 Å². The van der Waals surface area contributed by atoms with Crippen molar-refractivity contribution in [3.8, 4) is 5.75 Å². The molecule has 2 heterocycles. The number of rotatable bonds is 5. The van der Waals surface area contributed by atoms with E-state index in [1.807, 2.05) is 4.90 Å². The SMILES string of the molecule is CC(C)S(=O)(=O)c1ccc(CC(=O)Nc2ccc3c(c2)C(=O)N2CCCCC2CCO3)cc1. The van der Waals surface area contributed by atoms with Gasteiger partial charge in [-0.1, -0.05) is 12.1 Å². The van der Waals surface area contributed by atoms with Gasteiger partial charge in [-0.2, -0.15) is 0 Å². The van der Waals surface area contributed by atoms with Gasteiger partial charge in [-0.05, 0) is 69.0 Å². The van der Waals surface area contributed by atoms with Crippen molar-refractivity contribution >= 4 is 27.3 Å². The average Bonchev–Trinajstić information content (AvgIpc) is 2.79. The number of carbonyl (C=O) groups is 2. The lowest BCUT2D eigenvalue weighted by Crippen LogP contribution is -2.45. The predicted molar refractivity (Wildman–Crippen MR) is 126 cm³/mol. The molecule has 8 heteroatoms. The third kappa shape index (κ3) is 5.05. The van der Waals surface area contributed by atoms with Gasteiger partial charge in [0, 0.05) is 24.7 Å². The number of nitrogens with zero attached hydrogens (tertiary/aromatic N) is 1. The van der Waals surface area contributed by atoms with E-state index in [1.165, 1.54) is 12.1 Å². The Morgan fingerprint density at radius 2 is 1.88 bits per heavy atom. The zero-order valence-electron chi connectivity index (χ0n) is 19.0. The van der Waals surface area contributed by atoms with Gasteiger partial charge in [0.2, 0.25) is 5.91 Å². The Morgan fingerprint density at radius 1 is 1.12 bits per heavy atom. The van der Waals surface area contributed by atoms with E-state index in [1.54, 1.807) is 44.2 Å². The molecule has 1 atom stereocenters. The molecule has 2 aliphatic heterocycles. The first-order chi connectivity index (χ1) is 15.8. The lowest BCUT2D eigenvalue weighted by molar-refractivity contribution is -0.115. The number of fused-ring (bicyclic) bond motifs is 2. The van der Waals surface area contributed by atoms with E-state index in [2.05, 4.69) is 5.32 Å². The summed E-state index contributed by atoms with van der Waals surface area (Å²) in [6.45, 7) is 4.60. The van der Waals surface area contributed by atoms with Gasteiger partial charge in [-0.15, -0.1) is 0 Å². The maximum Gasteiger partial charge on any atom is 0.257 e. The number of carbonyl (C=O) groups excluding carboxylic acids is 2. The molecular weight excluding hydrogens is 440 g/mol. The normalized spacial score (nSPS) is 18.6. The number of benzene rings is 2. The lowest BCUT2D eigenvalue weighted by Gasteiger charge is -2.37. The van der Waals surface area contributed by atoms with Crippen LogP contribution in [0, 0.1) is 0 Å². The van der Waals surface area contributed by atoms with Crippen LogP contribution in [0.4, 0.5) is 5.69 Å². The summed E-state index contributed by atoms with van der Waals surface area (Å²) in [4.78, 5) is 28.0. The Labute approximate surface area is 195 Å². The molecule has 7 nitrogen and oxygen atoms in total. The van der Waals surface area contributed by atoms with E-state index < -0.39 is 15.1 Å². The highest BCUT2D eigenvalue weighted by molar-refractivity contribution is 7.92. The first-order valence-electron chi connectivity index (χ1n) is 11.5. The first-order valence-corrected chi connectivity index (χ1v) is 13.0. The minimum absolute atomic E-state index is 0.0487. The summed E-state index contributed by atoms with van der Waals surface area (Å²) in [6.07, 6.45) is 4.06. The van der Waals surface area contributed by atoms with Crippen LogP contribution in [0.5, 0.6) is 5.75 Å². The molecule has 0 spiro atoms. The van der Waals surface area contributed by atoms with Gasteiger partial charge in [0.15, 0.2) is 9.84 Å². The smallest absolute Gasteiger partial charge is 0.257 e. The molecule has 1 unspecified atom stereocenters. The van der Waals surface area contributed by atoms with Crippen molar-refractivity contribution in [2.45, 2.75) is 62.1 Å². The molecular formula is C25H30N2O5S. The number of nitrogens with one attached hydrogen (secondary N) is 1. The summed E-state index contributed by atoms with van der Waals surface area (Å²) in [5.74, 6) is 0.251. The van der Waals surface area contributed by atoms with Gasteiger partial charge in [0.05, 0.1) is 28.7 Å². The maximum atomic E-state index is 13.2. The fourth-order valence-corrected chi connectivity index (χ4v) is 5.45. The monoisotopic (exact) mass is 470 g/mol. The van der Waals surface area contributed by atoms with Gasteiger partial charge in [0.25, 0.3) is 5.91 Å². The Balaban J connectivity index is 1.46. The zero-order chi connectivity index (χ0) is 23.6. The standard InChI is InChI=1S/C25H30N2O5S/c1-17(2)33(30,31)21-9-6-18(7-10-21)15-24(28)26-19-8-11-23-22(16-19)25(29)27-13-4-3-5-20(27)12-14-32-23/h6-11,16-17,20H,3-5,12-15H2,1-2H3,(H,26,28). The highest BCUT2D eigenvalue weighted by Gasteiger charge is 2.31. The fourth-order valence-electron chi connectivity index (χ4n) is 4.39. The number of anilines is 1. The number of ether oxygens (including phenoxy) is 1. The van der Waals surface area contributed by atoms with Crippen LogP contribution < -0.4 is 10.1 Å². The summed E-state index contributed by atoms with van der Waals surface area (Å²) in [5, 5.41) is 2.35. The van der Waals surface area contributed by atoms with Crippen LogP contribution in [-0.2, 0) is 21.1 Å². The van der Waals surface area contributed by atoms with E-state index >= 15 is 0 Å². The largest absolute Gasteiger partial charge is 0.493 e.